The van der Waals surface area contributed by atoms with Crippen LogP contribution in [0, 0.1) is 10.1 Å². The van der Waals surface area contributed by atoms with Crippen LogP contribution in [0.15, 0.2) is 29.3 Å². The van der Waals surface area contributed by atoms with Crippen molar-refractivity contribution < 1.29 is 9.66 Å². The third-order valence-corrected chi connectivity index (χ3v) is 3.99. The second kappa shape index (κ2) is 10.4. The van der Waals surface area contributed by atoms with Gasteiger partial charge in [0.25, 0.3) is 5.69 Å². The van der Waals surface area contributed by atoms with E-state index in [4.69, 9.17) is 4.74 Å². The Hall–Kier alpha value is -1.62. The number of nitro groups is 1. The molecule has 1 atom stereocenters. The highest BCUT2D eigenvalue weighted by molar-refractivity contribution is 14.0. The van der Waals surface area contributed by atoms with Gasteiger partial charge in [0.2, 0.25) is 0 Å². The van der Waals surface area contributed by atoms with Crippen LogP contribution in [-0.4, -0.2) is 49.8 Å². The molecule has 25 heavy (non-hydrogen) atoms. The van der Waals surface area contributed by atoms with Crippen molar-refractivity contribution in [3.63, 3.8) is 0 Å². The number of guanidine groups is 1. The zero-order valence-electron chi connectivity index (χ0n) is 14.6. The molecule has 1 aliphatic heterocycles. The van der Waals surface area contributed by atoms with Gasteiger partial charge >= 0.3 is 0 Å². The monoisotopic (exact) mass is 463 g/mol. The Labute approximate surface area is 165 Å². The van der Waals surface area contributed by atoms with Gasteiger partial charge in [0.15, 0.2) is 5.96 Å². The molecule has 8 nitrogen and oxygen atoms in total. The van der Waals surface area contributed by atoms with Crippen molar-refractivity contribution in [1.29, 1.82) is 0 Å². The van der Waals surface area contributed by atoms with Crippen molar-refractivity contribution in [2.45, 2.75) is 25.4 Å². The van der Waals surface area contributed by atoms with Crippen LogP contribution in [0.2, 0.25) is 0 Å². The Kier molecular flexibility index (Phi) is 8.90. The Balaban J connectivity index is 0.00000312. The summed E-state index contributed by atoms with van der Waals surface area (Å²) in [4.78, 5) is 14.7. The van der Waals surface area contributed by atoms with Crippen LogP contribution < -0.4 is 16.0 Å². The van der Waals surface area contributed by atoms with E-state index in [9.17, 15) is 10.1 Å². The molecule has 0 amide bonds. The number of para-hydroxylation sites is 2. The van der Waals surface area contributed by atoms with E-state index in [1.54, 1.807) is 25.2 Å². The van der Waals surface area contributed by atoms with E-state index in [0.29, 0.717) is 31.3 Å². The summed E-state index contributed by atoms with van der Waals surface area (Å²) in [5.74, 6) is 0.691. The van der Waals surface area contributed by atoms with Gasteiger partial charge in [-0.25, -0.2) is 0 Å². The van der Waals surface area contributed by atoms with Crippen molar-refractivity contribution in [3.05, 3.63) is 34.4 Å². The molecule has 1 aromatic rings. The number of aliphatic imine (C=N–C) groups is 1. The number of anilines is 1. The molecule has 3 N–H and O–H groups in total. The van der Waals surface area contributed by atoms with Crippen LogP contribution >= 0.6 is 24.0 Å². The molecule has 0 radical (unpaired) electrons. The lowest BCUT2D eigenvalue weighted by Crippen LogP contribution is -2.46. The summed E-state index contributed by atoms with van der Waals surface area (Å²) in [5, 5.41) is 20.5. The fraction of sp³-hybridized carbons (Fsp3) is 0.562. The maximum Gasteiger partial charge on any atom is 0.292 e. The minimum atomic E-state index is -0.390. The summed E-state index contributed by atoms with van der Waals surface area (Å²) in [6, 6.07) is 6.60. The number of nitro benzene ring substituents is 1. The van der Waals surface area contributed by atoms with Crippen LogP contribution in [-0.2, 0) is 4.74 Å². The number of rotatable bonds is 7. The van der Waals surface area contributed by atoms with Gasteiger partial charge in [-0.05, 0) is 25.8 Å². The molecule has 1 unspecified atom stereocenters. The van der Waals surface area contributed by atoms with E-state index in [0.717, 1.165) is 19.4 Å². The van der Waals surface area contributed by atoms with Crippen LogP contribution in [0.5, 0.6) is 0 Å². The molecule has 0 spiro atoms. The highest BCUT2D eigenvalue weighted by Gasteiger charge is 2.29. The molecule has 9 heteroatoms. The van der Waals surface area contributed by atoms with E-state index in [1.807, 2.05) is 0 Å². The van der Waals surface area contributed by atoms with Crippen molar-refractivity contribution in [2.75, 3.05) is 38.6 Å². The second-order valence-corrected chi connectivity index (χ2v) is 5.96. The van der Waals surface area contributed by atoms with Crippen LogP contribution in [0.1, 0.15) is 19.8 Å². The summed E-state index contributed by atoms with van der Waals surface area (Å²) in [6.07, 6.45) is 2.13. The van der Waals surface area contributed by atoms with Crippen molar-refractivity contribution in [3.8, 4) is 0 Å². The topological polar surface area (TPSA) is 101 Å². The Morgan fingerprint density at radius 3 is 2.76 bits per heavy atom. The number of benzene rings is 1. The van der Waals surface area contributed by atoms with Gasteiger partial charge in [-0.3, -0.25) is 15.1 Å². The van der Waals surface area contributed by atoms with Crippen molar-refractivity contribution >= 4 is 41.3 Å². The first kappa shape index (κ1) is 21.4. The van der Waals surface area contributed by atoms with Gasteiger partial charge in [-0.1, -0.05) is 12.1 Å². The third-order valence-electron chi connectivity index (χ3n) is 3.99. The maximum atomic E-state index is 11.0. The van der Waals surface area contributed by atoms with Gasteiger partial charge in [0, 0.05) is 39.4 Å². The number of ether oxygens (including phenoxy) is 1. The lowest BCUT2D eigenvalue weighted by Gasteiger charge is -2.24. The largest absolute Gasteiger partial charge is 0.378 e. The SMILES string of the molecule is CN=C(NCCNc1ccccc1[N+](=O)[O-])NCC1(C)CCCO1.I. The molecule has 0 bridgehead atoms. The fourth-order valence-electron chi connectivity index (χ4n) is 2.63. The lowest BCUT2D eigenvalue weighted by molar-refractivity contribution is -0.384. The number of halogens is 1. The standard InChI is InChI=1S/C16H25N5O3.HI/c1-16(8-5-11-24-16)12-20-15(17-2)19-10-9-18-13-6-3-4-7-14(13)21(22)23;/h3-4,6-7,18H,5,8-12H2,1-2H3,(H2,17,19,20);1H. The van der Waals surface area contributed by atoms with E-state index in [1.165, 1.54) is 6.07 Å². The normalized spacial score (nSPS) is 19.8. The van der Waals surface area contributed by atoms with Crippen LogP contribution in [0.3, 0.4) is 0 Å². The lowest BCUT2D eigenvalue weighted by atomic mass is 10.0. The smallest absolute Gasteiger partial charge is 0.292 e. The summed E-state index contributed by atoms with van der Waals surface area (Å²) in [6.45, 7) is 4.73. The zero-order chi connectivity index (χ0) is 17.4. The van der Waals surface area contributed by atoms with E-state index < -0.39 is 4.92 Å². The molecule has 2 rings (SSSR count). The van der Waals surface area contributed by atoms with Gasteiger partial charge in [0.05, 0.1) is 10.5 Å². The van der Waals surface area contributed by atoms with E-state index in [2.05, 4.69) is 27.9 Å². The van der Waals surface area contributed by atoms with Crippen molar-refractivity contribution in [1.82, 2.24) is 10.6 Å². The quantitative estimate of drug-likeness (QED) is 0.143. The fourth-order valence-corrected chi connectivity index (χ4v) is 2.63. The molecule has 140 valence electrons. The van der Waals surface area contributed by atoms with E-state index >= 15 is 0 Å². The van der Waals surface area contributed by atoms with E-state index in [-0.39, 0.29) is 35.3 Å². The average molecular weight is 463 g/mol. The molecular formula is C16H26IN5O3. The van der Waals surface area contributed by atoms with Gasteiger partial charge < -0.3 is 20.7 Å². The summed E-state index contributed by atoms with van der Waals surface area (Å²) < 4.78 is 5.73. The Bertz CT molecular complexity index is 591. The zero-order valence-corrected chi connectivity index (χ0v) is 16.9. The minimum absolute atomic E-state index is 0. The molecule has 0 saturated carbocycles. The minimum Gasteiger partial charge on any atom is -0.378 e. The predicted octanol–water partition coefficient (Wildman–Crippen LogP) is 2.36. The molecule has 0 aromatic heterocycles. The number of nitrogens with zero attached hydrogens (tertiary/aromatic N) is 2. The molecule has 1 aliphatic rings. The highest BCUT2D eigenvalue weighted by Crippen LogP contribution is 2.24. The summed E-state index contributed by atoms with van der Waals surface area (Å²) >= 11 is 0. The van der Waals surface area contributed by atoms with Gasteiger partial charge in [-0.2, -0.15) is 0 Å². The molecule has 0 aliphatic carbocycles. The molecule has 1 aromatic carbocycles. The molecule has 1 fully saturated rings. The van der Waals surface area contributed by atoms with Crippen LogP contribution in [0.25, 0.3) is 0 Å². The average Bonchev–Trinajstić information content (AvgIpc) is 3.01. The van der Waals surface area contributed by atoms with Gasteiger partial charge in [-0.15, -0.1) is 24.0 Å². The first-order valence-corrected chi connectivity index (χ1v) is 8.10. The molecular weight excluding hydrogens is 437 g/mol. The number of hydrogen-bond donors (Lipinski definition) is 3. The summed E-state index contributed by atoms with van der Waals surface area (Å²) in [7, 11) is 1.71. The Morgan fingerprint density at radius 1 is 1.36 bits per heavy atom. The first-order chi connectivity index (χ1) is 11.5. The number of nitrogens with one attached hydrogen (secondary N) is 3. The Morgan fingerprint density at radius 2 is 2.12 bits per heavy atom. The first-order valence-electron chi connectivity index (χ1n) is 8.10. The van der Waals surface area contributed by atoms with Gasteiger partial charge in [0.1, 0.15) is 5.69 Å². The second-order valence-electron chi connectivity index (χ2n) is 5.96. The highest BCUT2D eigenvalue weighted by atomic mass is 127. The molecule has 1 heterocycles. The predicted molar refractivity (Wildman–Crippen MR) is 110 cm³/mol. The van der Waals surface area contributed by atoms with Crippen molar-refractivity contribution in [2.24, 2.45) is 4.99 Å². The third kappa shape index (κ3) is 6.65. The summed E-state index contributed by atoms with van der Waals surface area (Å²) in [5.41, 5.74) is 0.450. The van der Waals surface area contributed by atoms with Crippen LogP contribution in [0.4, 0.5) is 11.4 Å². The number of hydrogen-bond acceptors (Lipinski definition) is 5. The molecule has 1 saturated heterocycles. The maximum absolute atomic E-state index is 11.0.